The van der Waals surface area contributed by atoms with E-state index in [4.69, 9.17) is 10.8 Å². The van der Waals surface area contributed by atoms with E-state index in [-0.39, 0.29) is 6.42 Å². The van der Waals surface area contributed by atoms with E-state index < -0.39 is 22.0 Å². The van der Waals surface area contributed by atoms with E-state index in [0.29, 0.717) is 16.8 Å². The lowest BCUT2D eigenvalue weighted by molar-refractivity contribution is -0.137. The Hall–Kier alpha value is -1.86. The van der Waals surface area contributed by atoms with Gasteiger partial charge in [-0.15, -0.1) is 0 Å². The molecule has 6 nitrogen and oxygen atoms in total. The van der Waals surface area contributed by atoms with Crippen LogP contribution >= 0.6 is 0 Å². The lowest BCUT2D eigenvalue weighted by Crippen LogP contribution is -2.16. The fraction of sp³-hybridized carbons (Fsp3) is 0.250. The largest absolute Gasteiger partial charge is 0.481 e. The molecule has 0 saturated heterocycles. The molecule has 1 unspecified atom stereocenters. The molecular weight excluding hydrogens is 268 g/mol. The Morgan fingerprint density at radius 1 is 1.58 bits per heavy atom. The number of nitrogens with two attached hydrogens (primary N) is 1. The van der Waals surface area contributed by atoms with Crippen LogP contribution in [0.5, 0.6) is 0 Å². The SMILES string of the molecule is C=Cc1cc(C(N)CC(=O)O)ccc1NS(C)(=O)=O. The molecule has 0 aliphatic heterocycles. The number of hydrogen-bond donors (Lipinski definition) is 3. The van der Waals surface area contributed by atoms with Crippen molar-refractivity contribution in [2.45, 2.75) is 12.5 Å². The van der Waals surface area contributed by atoms with E-state index in [9.17, 15) is 13.2 Å². The first kappa shape index (κ1) is 15.2. The van der Waals surface area contributed by atoms with Gasteiger partial charge in [-0.25, -0.2) is 8.42 Å². The highest BCUT2D eigenvalue weighted by Gasteiger charge is 2.13. The first-order valence-corrected chi connectivity index (χ1v) is 7.33. The molecule has 0 amide bonds. The van der Waals surface area contributed by atoms with Crippen LogP contribution in [0.3, 0.4) is 0 Å². The monoisotopic (exact) mass is 284 g/mol. The molecule has 104 valence electrons. The Labute approximate surface area is 112 Å². The van der Waals surface area contributed by atoms with Crippen molar-refractivity contribution in [3.63, 3.8) is 0 Å². The summed E-state index contributed by atoms with van der Waals surface area (Å²) in [7, 11) is -3.39. The number of nitrogens with one attached hydrogen (secondary N) is 1. The molecule has 0 radical (unpaired) electrons. The summed E-state index contributed by atoms with van der Waals surface area (Å²) in [6, 6.07) is 4.10. The van der Waals surface area contributed by atoms with Crippen molar-refractivity contribution in [2.24, 2.45) is 5.73 Å². The van der Waals surface area contributed by atoms with Gasteiger partial charge < -0.3 is 10.8 Å². The maximum Gasteiger partial charge on any atom is 0.305 e. The average molecular weight is 284 g/mol. The van der Waals surface area contributed by atoms with Gasteiger partial charge in [0.25, 0.3) is 0 Å². The van der Waals surface area contributed by atoms with Crippen molar-refractivity contribution in [3.05, 3.63) is 35.9 Å². The van der Waals surface area contributed by atoms with Crippen LogP contribution < -0.4 is 10.5 Å². The van der Waals surface area contributed by atoms with Gasteiger partial charge >= 0.3 is 5.97 Å². The van der Waals surface area contributed by atoms with Gasteiger partial charge in [-0.3, -0.25) is 9.52 Å². The Morgan fingerprint density at radius 2 is 2.21 bits per heavy atom. The van der Waals surface area contributed by atoms with Crippen LogP contribution in [-0.2, 0) is 14.8 Å². The molecular formula is C12H16N2O4S. The number of hydrogen-bond acceptors (Lipinski definition) is 4. The smallest absolute Gasteiger partial charge is 0.305 e. The number of carboxylic acid groups (broad SMARTS) is 1. The summed E-state index contributed by atoms with van der Waals surface area (Å²) < 4.78 is 24.7. The molecule has 0 aromatic heterocycles. The molecule has 1 aromatic rings. The molecule has 0 spiro atoms. The molecule has 7 heteroatoms. The first-order valence-electron chi connectivity index (χ1n) is 5.44. The van der Waals surface area contributed by atoms with Crippen LogP contribution in [-0.4, -0.2) is 25.7 Å². The van der Waals surface area contributed by atoms with Gasteiger partial charge in [0, 0.05) is 6.04 Å². The molecule has 0 bridgehead atoms. The third-order valence-electron chi connectivity index (χ3n) is 2.41. The topological polar surface area (TPSA) is 109 Å². The Kier molecular flexibility index (Phi) is 4.68. The van der Waals surface area contributed by atoms with E-state index >= 15 is 0 Å². The molecule has 1 aromatic carbocycles. The molecule has 1 rings (SSSR count). The van der Waals surface area contributed by atoms with E-state index in [2.05, 4.69) is 11.3 Å². The first-order chi connectivity index (χ1) is 8.73. The molecule has 0 fully saturated rings. The van der Waals surface area contributed by atoms with Crippen LogP contribution in [0.15, 0.2) is 24.8 Å². The zero-order valence-corrected chi connectivity index (χ0v) is 11.3. The summed E-state index contributed by atoms with van der Waals surface area (Å²) in [6.45, 7) is 3.59. The zero-order valence-electron chi connectivity index (χ0n) is 10.5. The lowest BCUT2D eigenvalue weighted by atomic mass is 10.0. The van der Waals surface area contributed by atoms with Crippen molar-refractivity contribution < 1.29 is 18.3 Å². The highest BCUT2D eigenvalue weighted by molar-refractivity contribution is 7.92. The van der Waals surface area contributed by atoms with Crippen molar-refractivity contribution in [3.8, 4) is 0 Å². The second-order valence-corrected chi connectivity index (χ2v) is 5.88. The number of anilines is 1. The Bertz CT molecular complexity index is 596. The van der Waals surface area contributed by atoms with Crippen LogP contribution in [0.25, 0.3) is 6.08 Å². The van der Waals surface area contributed by atoms with Crippen molar-refractivity contribution in [1.82, 2.24) is 0 Å². The summed E-state index contributed by atoms with van der Waals surface area (Å²) in [5, 5.41) is 8.69. The minimum absolute atomic E-state index is 0.199. The maximum atomic E-state index is 11.2. The number of aliphatic carboxylic acids is 1. The molecule has 0 heterocycles. The van der Waals surface area contributed by atoms with Crippen molar-refractivity contribution in [2.75, 3.05) is 11.0 Å². The van der Waals surface area contributed by atoms with Crippen LogP contribution in [0.2, 0.25) is 0 Å². The minimum Gasteiger partial charge on any atom is -0.481 e. The lowest BCUT2D eigenvalue weighted by Gasteiger charge is -2.13. The van der Waals surface area contributed by atoms with Crippen LogP contribution in [0.1, 0.15) is 23.6 Å². The summed E-state index contributed by atoms with van der Waals surface area (Å²) >= 11 is 0. The highest BCUT2D eigenvalue weighted by atomic mass is 32.2. The normalized spacial score (nSPS) is 12.7. The summed E-state index contributed by atoms with van der Waals surface area (Å²) in [5.41, 5.74) is 7.27. The van der Waals surface area contributed by atoms with Gasteiger partial charge in [-0.05, 0) is 23.3 Å². The third-order valence-corrected chi connectivity index (χ3v) is 3.00. The number of carboxylic acids is 1. The average Bonchev–Trinajstić information content (AvgIpc) is 2.26. The molecule has 0 aliphatic rings. The quantitative estimate of drug-likeness (QED) is 0.726. The highest BCUT2D eigenvalue weighted by Crippen LogP contribution is 2.23. The predicted molar refractivity (Wildman–Crippen MR) is 74.2 cm³/mol. The molecule has 4 N–H and O–H groups in total. The fourth-order valence-corrected chi connectivity index (χ4v) is 2.16. The van der Waals surface area contributed by atoms with Gasteiger partial charge in [0.15, 0.2) is 0 Å². The van der Waals surface area contributed by atoms with Crippen molar-refractivity contribution >= 4 is 27.8 Å². The minimum atomic E-state index is -3.39. The number of carbonyl (C=O) groups is 1. The Morgan fingerprint density at radius 3 is 2.68 bits per heavy atom. The van der Waals surface area contributed by atoms with Crippen LogP contribution in [0.4, 0.5) is 5.69 Å². The van der Waals surface area contributed by atoms with Gasteiger partial charge in [0.05, 0.1) is 18.4 Å². The molecule has 19 heavy (non-hydrogen) atoms. The van der Waals surface area contributed by atoms with Gasteiger partial charge in [-0.1, -0.05) is 18.7 Å². The van der Waals surface area contributed by atoms with Gasteiger partial charge in [0.1, 0.15) is 0 Å². The number of rotatable bonds is 6. The molecule has 0 saturated carbocycles. The predicted octanol–water partition coefficient (Wildman–Crippen LogP) is 1.18. The van der Waals surface area contributed by atoms with Crippen molar-refractivity contribution in [1.29, 1.82) is 0 Å². The molecule has 0 aliphatic carbocycles. The fourth-order valence-electron chi connectivity index (χ4n) is 1.58. The maximum absolute atomic E-state index is 11.2. The number of sulfonamides is 1. The summed E-state index contributed by atoms with van der Waals surface area (Å²) in [6.07, 6.45) is 2.32. The second-order valence-electron chi connectivity index (χ2n) is 4.13. The van der Waals surface area contributed by atoms with E-state index in [1.165, 1.54) is 12.1 Å². The van der Waals surface area contributed by atoms with E-state index in [0.717, 1.165) is 6.26 Å². The summed E-state index contributed by atoms with van der Waals surface area (Å²) in [5.74, 6) is -0.994. The number of benzene rings is 1. The Balaban J connectivity index is 3.08. The zero-order chi connectivity index (χ0) is 14.6. The molecule has 1 atom stereocenters. The van der Waals surface area contributed by atoms with Gasteiger partial charge in [0.2, 0.25) is 10.0 Å². The standard InChI is InChI=1S/C12H16N2O4S/c1-3-8-6-9(10(13)7-12(15)16)4-5-11(8)14-19(2,17)18/h3-6,10,14H,1,7,13H2,2H3,(H,15,16). The summed E-state index contributed by atoms with van der Waals surface area (Å²) in [4.78, 5) is 10.6. The van der Waals surface area contributed by atoms with E-state index in [1.54, 1.807) is 12.1 Å². The van der Waals surface area contributed by atoms with Crippen LogP contribution in [0, 0.1) is 0 Å². The van der Waals surface area contributed by atoms with Gasteiger partial charge in [-0.2, -0.15) is 0 Å². The van der Waals surface area contributed by atoms with E-state index in [1.807, 2.05) is 0 Å². The third kappa shape index (κ3) is 4.72. The second kappa shape index (κ2) is 5.85.